The van der Waals surface area contributed by atoms with Crippen molar-refractivity contribution in [3.63, 3.8) is 0 Å². The van der Waals surface area contributed by atoms with Gasteiger partial charge in [-0.25, -0.2) is 4.68 Å². The maximum atomic E-state index is 12.9. The van der Waals surface area contributed by atoms with Gasteiger partial charge in [0.2, 0.25) is 0 Å². The van der Waals surface area contributed by atoms with E-state index in [1.165, 1.54) is 42.1 Å². The first kappa shape index (κ1) is 23.5. The molecular weight excluding hydrogens is 474 g/mol. The van der Waals surface area contributed by atoms with Crippen molar-refractivity contribution < 1.29 is 22.3 Å². The number of nitro groups is 1. The summed E-state index contributed by atoms with van der Waals surface area (Å²) in [7, 11) is -3.22. The number of hydrogen-bond donors (Lipinski definition) is 1. The summed E-state index contributed by atoms with van der Waals surface area (Å²) in [5, 5.41) is 14.8. The highest BCUT2D eigenvalue weighted by Gasteiger charge is 2.28. The van der Waals surface area contributed by atoms with Crippen LogP contribution in [-0.4, -0.2) is 30.2 Å². The largest absolute Gasteiger partial charge is 0.493 e. The molecule has 0 atom stereocenters. The first-order valence-electron chi connectivity index (χ1n) is 10.1. The Kier molecular flexibility index (Phi) is 6.26. The minimum Gasteiger partial charge on any atom is -0.493 e. The Hall–Kier alpha value is -4.64. The first-order chi connectivity index (χ1) is 16.7. The number of aromatic amines is 1. The number of aromatic nitrogens is 2. The van der Waals surface area contributed by atoms with Crippen molar-refractivity contribution in [1.29, 1.82) is 0 Å². The van der Waals surface area contributed by atoms with E-state index in [0.717, 1.165) is 12.1 Å². The number of hydrogen-bond acceptors (Lipinski definition) is 7. The number of para-hydroxylation sites is 2. The topological polar surface area (TPSA) is 134 Å². The van der Waals surface area contributed by atoms with E-state index in [4.69, 9.17) is 8.92 Å². The Labute approximate surface area is 199 Å². The van der Waals surface area contributed by atoms with Crippen LogP contribution >= 0.6 is 0 Å². The van der Waals surface area contributed by atoms with Crippen LogP contribution in [0.2, 0.25) is 0 Å². The SMILES string of the molecule is C=c1[nH]n(-c2ccccc2)c(=O)/c1=C/c1ccc(OS(=O)(=O)c2ccccc2[N+](=O)[O-])c(OC)c1. The van der Waals surface area contributed by atoms with Crippen molar-refractivity contribution in [3.05, 3.63) is 109 Å². The van der Waals surface area contributed by atoms with E-state index in [1.54, 1.807) is 30.3 Å². The summed E-state index contributed by atoms with van der Waals surface area (Å²) < 4.78 is 37.3. The second kappa shape index (κ2) is 9.31. The molecule has 4 rings (SSSR count). The molecule has 3 aromatic carbocycles. The highest BCUT2D eigenvalue weighted by molar-refractivity contribution is 7.87. The fraction of sp³-hybridized carbons (Fsp3) is 0.0417. The van der Waals surface area contributed by atoms with E-state index < -0.39 is 25.6 Å². The number of nitrogens with zero attached hydrogens (tertiary/aromatic N) is 2. The van der Waals surface area contributed by atoms with Gasteiger partial charge in [-0.1, -0.05) is 43.0 Å². The number of methoxy groups -OCH3 is 1. The fourth-order valence-corrected chi connectivity index (χ4v) is 4.50. The number of nitrogens with one attached hydrogen (secondary N) is 1. The van der Waals surface area contributed by atoms with Gasteiger partial charge in [0.15, 0.2) is 16.4 Å². The van der Waals surface area contributed by atoms with Crippen LogP contribution in [0.3, 0.4) is 0 Å². The zero-order valence-corrected chi connectivity index (χ0v) is 19.2. The highest BCUT2D eigenvalue weighted by Crippen LogP contribution is 2.33. The number of rotatable bonds is 7. The molecule has 35 heavy (non-hydrogen) atoms. The van der Waals surface area contributed by atoms with Crippen LogP contribution in [0.1, 0.15) is 5.56 Å². The van der Waals surface area contributed by atoms with Gasteiger partial charge in [-0.05, 0) is 42.0 Å². The Morgan fingerprint density at radius 1 is 1.03 bits per heavy atom. The van der Waals surface area contributed by atoms with E-state index in [1.807, 2.05) is 6.07 Å². The molecule has 0 saturated heterocycles. The molecule has 0 unspecified atom stereocenters. The Balaban J connectivity index is 1.73. The molecule has 0 aliphatic rings. The zero-order valence-electron chi connectivity index (χ0n) is 18.4. The summed E-state index contributed by atoms with van der Waals surface area (Å²) >= 11 is 0. The average molecular weight is 493 g/mol. The summed E-state index contributed by atoms with van der Waals surface area (Å²) in [5.41, 5.74) is 0.225. The van der Waals surface area contributed by atoms with Crippen LogP contribution < -0.4 is 25.0 Å². The van der Waals surface area contributed by atoms with Gasteiger partial charge in [0.25, 0.3) is 11.2 Å². The quantitative estimate of drug-likeness (QED) is 0.237. The second-order valence-electron chi connectivity index (χ2n) is 7.30. The molecule has 0 amide bonds. The van der Waals surface area contributed by atoms with Crippen molar-refractivity contribution in [2.24, 2.45) is 0 Å². The van der Waals surface area contributed by atoms with Gasteiger partial charge in [0.1, 0.15) is 0 Å². The lowest BCUT2D eigenvalue weighted by molar-refractivity contribution is -0.387. The van der Waals surface area contributed by atoms with Crippen molar-refractivity contribution >= 4 is 28.5 Å². The molecule has 10 nitrogen and oxygen atoms in total. The first-order valence-corrected chi connectivity index (χ1v) is 11.5. The van der Waals surface area contributed by atoms with Gasteiger partial charge in [0, 0.05) is 6.07 Å². The van der Waals surface area contributed by atoms with Crippen molar-refractivity contribution in [2.45, 2.75) is 4.90 Å². The second-order valence-corrected chi connectivity index (χ2v) is 8.81. The maximum Gasteiger partial charge on any atom is 0.346 e. The van der Waals surface area contributed by atoms with Crippen LogP contribution in [0.25, 0.3) is 18.3 Å². The Morgan fingerprint density at radius 3 is 2.40 bits per heavy atom. The molecule has 1 aromatic heterocycles. The van der Waals surface area contributed by atoms with Crippen LogP contribution in [0.4, 0.5) is 5.69 Å². The fourth-order valence-electron chi connectivity index (χ4n) is 3.40. The highest BCUT2D eigenvalue weighted by atomic mass is 32.2. The van der Waals surface area contributed by atoms with Gasteiger partial charge < -0.3 is 8.92 Å². The van der Waals surface area contributed by atoms with Crippen molar-refractivity contribution in [1.82, 2.24) is 9.78 Å². The summed E-state index contributed by atoms with van der Waals surface area (Å²) in [6.45, 7) is 3.89. The number of ether oxygens (including phenoxy) is 1. The van der Waals surface area contributed by atoms with Crippen molar-refractivity contribution in [3.8, 4) is 17.2 Å². The van der Waals surface area contributed by atoms with Gasteiger partial charge in [-0.3, -0.25) is 20.0 Å². The van der Waals surface area contributed by atoms with E-state index in [-0.39, 0.29) is 17.1 Å². The molecule has 178 valence electrons. The van der Waals surface area contributed by atoms with Gasteiger partial charge >= 0.3 is 10.1 Å². The molecule has 0 aliphatic heterocycles. The molecule has 0 radical (unpaired) electrons. The molecule has 0 spiro atoms. The minimum absolute atomic E-state index is 0.0467. The lowest BCUT2D eigenvalue weighted by Gasteiger charge is -2.11. The average Bonchev–Trinajstić information content (AvgIpc) is 3.13. The Bertz CT molecular complexity index is 1690. The van der Waals surface area contributed by atoms with Gasteiger partial charge in [0.05, 0.1) is 28.3 Å². The van der Waals surface area contributed by atoms with Crippen molar-refractivity contribution in [2.75, 3.05) is 7.11 Å². The third kappa shape index (κ3) is 4.70. The van der Waals surface area contributed by atoms with Crippen LogP contribution in [0, 0.1) is 10.1 Å². The van der Waals surface area contributed by atoms with E-state index in [0.29, 0.717) is 21.8 Å². The van der Waals surface area contributed by atoms with E-state index >= 15 is 0 Å². The monoisotopic (exact) mass is 493 g/mol. The number of H-pyrrole nitrogens is 1. The standard InChI is InChI=1S/C24H19N3O7S/c1-16-19(24(28)26(25-16)18-8-4-3-5-9-18)14-17-12-13-21(22(15-17)33-2)34-35(31,32)23-11-7-6-10-20(23)27(29)30/h3-15,25H,1H2,2H3/b19-14+. The van der Waals surface area contributed by atoms with Gasteiger partial charge in [-0.15, -0.1) is 0 Å². The minimum atomic E-state index is -4.53. The molecular formula is C24H19N3O7S. The molecule has 0 bridgehead atoms. The summed E-state index contributed by atoms with van der Waals surface area (Å²) in [6.07, 6.45) is 1.57. The normalized spacial score (nSPS) is 11.9. The predicted molar refractivity (Wildman–Crippen MR) is 129 cm³/mol. The third-order valence-corrected chi connectivity index (χ3v) is 6.33. The molecule has 4 aromatic rings. The lowest BCUT2D eigenvalue weighted by Crippen LogP contribution is -2.33. The smallest absolute Gasteiger partial charge is 0.346 e. The zero-order chi connectivity index (χ0) is 25.2. The summed E-state index contributed by atoms with van der Waals surface area (Å²) in [4.78, 5) is 22.8. The summed E-state index contributed by atoms with van der Waals surface area (Å²) in [5.74, 6) is -0.126. The lowest BCUT2D eigenvalue weighted by atomic mass is 10.1. The van der Waals surface area contributed by atoms with Crippen LogP contribution in [0.5, 0.6) is 11.5 Å². The maximum absolute atomic E-state index is 12.9. The molecule has 0 saturated carbocycles. The predicted octanol–water partition coefficient (Wildman–Crippen LogP) is 2.09. The molecule has 0 aliphatic carbocycles. The molecule has 0 fully saturated rings. The van der Waals surface area contributed by atoms with Crippen LogP contribution in [0.15, 0.2) is 82.5 Å². The molecule has 1 heterocycles. The van der Waals surface area contributed by atoms with E-state index in [2.05, 4.69) is 11.7 Å². The third-order valence-electron chi connectivity index (χ3n) is 5.05. The van der Waals surface area contributed by atoms with Crippen LogP contribution in [-0.2, 0) is 10.1 Å². The Morgan fingerprint density at radius 2 is 1.71 bits per heavy atom. The summed E-state index contributed by atoms with van der Waals surface area (Å²) in [6, 6.07) is 18.2. The van der Waals surface area contributed by atoms with Gasteiger partial charge in [-0.2, -0.15) is 8.42 Å². The molecule has 1 N–H and O–H groups in total. The molecule has 11 heteroatoms. The van der Waals surface area contributed by atoms with E-state index in [9.17, 15) is 23.3 Å². The number of nitro benzene ring substituents is 1. The number of benzene rings is 3.